The van der Waals surface area contributed by atoms with Crippen LogP contribution in [0.15, 0.2) is 59.6 Å². The van der Waals surface area contributed by atoms with Gasteiger partial charge in [-0.25, -0.2) is 0 Å². The van der Waals surface area contributed by atoms with Crippen molar-refractivity contribution in [2.45, 2.75) is 13.8 Å². The molecule has 7 heteroatoms. The van der Waals surface area contributed by atoms with Crippen LogP contribution in [0.4, 0.5) is 11.4 Å². The van der Waals surface area contributed by atoms with Crippen LogP contribution in [-0.4, -0.2) is 30.1 Å². The number of hydrogen-bond donors (Lipinski definition) is 1. The van der Waals surface area contributed by atoms with Gasteiger partial charge < -0.3 is 19.5 Å². The molecule has 0 aliphatic carbocycles. The normalized spacial score (nSPS) is 12.9. The van der Waals surface area contributed by atoms with Crippen LogP contribution in [0, 0.1) is 13.8 Å². The van der Waals surface area contributed by atoms with Crippen molar-refractivity contribution in [1.29, 1.82) is 0 Å². The molecule has 2 amide bonds. The summed E-state index contributed by atoms with van der Waals surface area (Å²) in [6, 6.07) is 12.6. The van der Waals surface area contributed by atoms with E-state index in [0.717, 1.165) is 11.1 Å². The summed E-state index contributed by atoms with van der Waals surface area (Å²) < 4.78 is 10.8. The third-order valence-corrected chi connectivity index (χ3v) is 5.01. The Morgan fingerprint density at radius 2 is 2.03 bits per heavy atom. The third kappa shape index (κ3) is 3.69. The number of benzene rings is 2. The molecule has 30 heavy (non-hydrogen) atoms. The highest BCUT2D eigenvalue weighted by molar-refractivity contribution is 6.04. The first-order chi connectivity index (χ1) is 14.5. The summed E-state index contributed by atoms with van der Waals surface area (Å²) in [5, 5.41) is 6.69. The fourth-order valence-electron chi connectivity index (χ4n) is 3.22. The lowest BCUT2D eigenvalue weighted by atomic mass is 10.0. The van der Waals surface area contributed by atoms with Crippen molar-refractivity contribution in [3.63, 3.8) is 0 Å². The van der Waals surface area contributed by atoms with Gasteiger partial charge in [-0.3, -0.25) is 9.59 Å². The molecule has 0 unspecified atom stereocenters. The molecule has 0 bridgehead atoms. The summed E-state index contributed by atoms with van der Waals surface area (Å²) in [4.78, 5) is 26.4. The lowest BCUT2D eigenvalue weighted by Crippen LogP contribution is -2.38. The summed E-state index contributed by atoms with van der Waals surface area (Å²) >= 11 is 0. The molecule has 1 aromatic heterocycles. The molecule has 0 saturated carbocycles. The molecular weight excluding hydrogens is 382 g/mol. The summed E-state index contributed by atoms with van der Waals surface area (Å²) in [6.45, 7) is 8.07. The topological polar surface area (TPSA) is 84.7 Å². The molecule has 1 N–H and O–H groups in total. The standard InChI is InChI=1S/C23H21N3O4/c1-4-9-26-19-11-17(7-8-20(19)29-13-22(26)27)24-23(28)18-12-21(30-25-18)16-6-5-14(2)15(3)10-16/h4-8,10-12H,1,9,13H2,2-3H3,(H,24,28). The number of ether oxygens (including phenoxy) is 1. The zero-order valence-electron chi connectivity index (χ0n) is 16.8. The molecule has 152 valence electrons. The molecule has 1 aliphatic heterocycles. The first-order valence-corrected chi connectivity index (χ1v) is 9.50. The Morgan fingerprint density at radius 3 is 2.80 bits per heavy atom. The summed E-state index contributed by atoms with van der Waals surface area (Å²) in [5.74, 6) is 0.519. The largest absolute Gasteiger partial charge is 0.482 e. The quantitative estimate of drug-likeness (QED) is 0.648. The highest BCUT2D eigenvalue weighted by atomic mass is 16.5. The first-order valence-electron chi connectivity index (χ1n) is 9.50. The molecule has 0 fully saturated rings. The molecule has 4 rings (SSSR count). The molecule has 2 heterocycles. The van der Waals surface area contributed by atoms with Crippen LogP contribution in [0.5, 0.6) is 5.75 Å². The molecule has 0 atom stereocenters. The van der Waals surface area contributed by atoms with E-state index in [4.69, 9.17) is 9.26 Å². The minimum absolute atomic E-state index is 0.0211. The van der Waals surface area contributed by atoms with Gasteiger partial charge in [0, 0.05) is 23.9 Å². The molecule has 7 nitrogen and oxygen atoms in total. The van der Waals surface area contributed by atoms with Crippen molar-refractivity contribution < 1.29 is 18.8 Å². The fraction of sp³-hybridized carbons (Fsp3) is 0.174. The van der Waals surface area contributed by atoms with Gasteiger partial charge >= 0.3 is 0 Å². The van der Waals surface area contributed by atoms with E-state index in [2.05, 4.69) is 17.1 Å². The number of anilines is 2. The highest BCUT2D eigenvalue weighted by Gasteiger charge is 2.25. The van der Waals surface area contributed by atoms with Crippen molar-refractivity contribution >= 4 is 23.2 Å². The zero-order valence-corrected chi connectivity index (χ0v) is 16.8. The number of hydrogen-bond acceptors (Lipinski definition) is 5. The van der Waals surface area contributed by atoms with Crippen molar-refractivity contribution in [3.8, 4) is 17.1 Å². The monoisotopic (exact) mass is 403 g/mol. The van der Waals surface area contributed by atoms with Gasteiger partial charge in [0.05, 0.1) is 5.69 Å². The Labute approximate surface area is 173 Å². The van der Waals surface area contributed by atoms with E-state index in [1.165, 1.54) is 5.56 Å². The maximum Gasteiger partial charge on any atom is 0.277 e. The number of rotatable bonds is 5. The SMILES string of the molecule is C=CCN1C(=O)COc2ccc(NC(=O)c3cc(-c4ccc(C)c(C)c4)on3)cc21. The lowest BCUT2D eigenvalue weighted by molar-refractivity contribution is -0.121. The summed E-state index contributed by atoms with van der Waals surface area (Å²) in [5.41, 5.74) is 4.42. The molecule has 3 aromatic rings. The molecular formula is C23H21N3O4. The first kappa shape index (κ1) is 19.4. The Bertz CT molecular complexity index is 1150. The lowest BCUT2D eigenvalue weighted by Gasteiger charge is -2.28. The molecule has 2 aromatic carbocycles. The van der Waals surface area contributed by atoms with Crippen molar-refractivity contribution in [1.82, 2.24) is 5.16 Å². The maximum atomic E-state index is 12.7. The van der Waals surface area contributed by atoms with Gasteiger partial charge in [0.1, 0.15) is 5.75 Å². The van der Waals surface area contributed by atoms with Gasteiger partial charge in [0.25, 0.3) is 11.8 Å². The second-order valence-corrected chi connectivity index (χ2v) is 7.09. The minimum atomic E-state index is -0.410. The van der Waals surface area contributed by atoms with E-state index >= 15 is 0 Å². The number of nitrogens with one attached hydrogen (secondary N) is 1. The van der Waals surface area contributed by atoms with Crippen LogP contribution in [0.25, 0.3) is 11.3 Å². The van der Waals surface area contributed by atoms with Gasteiger partial charge in [-0.05, 0) is 49.2 Å². The van der Waals surface area contributed by atoms with Gasteiger partial charge in [0.2, 0.25) is 0 Å². The van der Waals surface area contributed by atoms with Gasteiger partial charge in [-0.15, -0.1) is 6.58 Å². The van der Waals surface area contributed by atoms with Gasteiger partial charge in [-0.1, -0.05) is 23.4 Å². The van der Waals surface area contributed by atoms with Crippen LogP contribution in [-0.2, 0) is 4.79 Å². The predicted molar refractivity (Wildman–Crippen MR) is 114 cm³/mol. The molecule has 1 aliphatic rings. The second-order valence-electron chi connectivity index (χ2n) is 7.09. The van der Waals surface area contributed by atoms with Crippen molar-refractivity contribution in [3.05, 3.63) is 71.9 Å². The van der Waals surface area contributed by atoms with Crippen molar-refractivity contribution in [2.24, 2.45) is 0 Å². The van der Waals surface area contributed by atoms with E-state index < -0.39 is 5.91 Å². The fourth-order valence-corrected chi connectivity index (χ4v) is 3.22. The second kappa shape index (κ2) is 7.87. The van der Waals surface area contributed by atoms with Gasteiger partial charge in [-0.2, -0.15) is 0 Å². The highest BCUT2D eigenvalue weighted by Crippen LogP contribution is 2.34. The van der Waals surface area contributed by atoms with E-state index in [-0.39, 0.29) is 18.2 Å². The predicted octanol–water partition coefficient (Wildman–Crippen LogP) is 4.12. The van der Waals surface area contributed by atoms with Crippen LogP contribution in [0.1, 0.15) is 21.6 Å². The van der Waals surface area contributed by atoms with Crippen LogP contribution < -0.4 is 15.0 Å². The summed E-state index contributed by atoms with van der Waals surface area (Å²) in [6.07, 6.45) is 1.64. The summed E-state index contributed by atoms with van der Waals surface area (Å²) in [7, 11) is 0. The minimum Gasteiger partial charge on any atom is -0.482 e. The average molecular weight is 403 g/mol. The Kier molecular flexibility index (Phi) is 5.10. The number of carbonyl (C=O) groups excluding carboxylic acids is 2. The number of aryl methyl sites for hydroxylation is 2. The number of carbonyl (C=O) groups is 2. The zero-order chi connectivity index (χ0) is 21.3. The Morgan fingerprint density at radius 1 is 1.20 bits per heavy atom. The smallest absolute Gasteiger partial charge is 0.277 e. The Balaban J connectivity index is 1.55. The van der Waals surface area contributed by atoms with E-state index in [1.807, 2.05) is 32.0 Å². The number of amides is 2. The number of aromatic nitrogens is 1. The van der Waals surface area contributed by atoms with E-state index in [9.17, 15) is 9.59 Å². The third-order valence-electron chi connectivity index (χ3n) is 5.01. The van der Waals surface area contributed by atoms with E-state index in [1.54, 1.807) is 35.2 Å². The van der Waals surface area contributed by atoms with Crippen LogP contribution >= 0.6 is 0 Å². The van der Waals surface area contributed by atoms with Gasteiger partial charge in [0.15, 0.2) is 18.1 Å². The van der Waals surface area contributed by atoms with E-state index in [0.29, 0.717) is 29.4 Å². The molecule has 0 spiro atoms. The van der Waals surface area contributed by atoms with Crippen LogP contribution in [0.3, 0.4) is 0 Å². The average Bonchev–Trinajstić information content (AvgIpc) is 3.23. The van der Waals surface area contributed by atoms with Crippen molar-refractivity contribution in [2.75, 3.05) is 23.4 Å². The number of nitrogens with zero attached hydrogens (tertiary/aromatic N) is 2. The van der Waals surface area contributed by atoms with Crippen LogP contribution in [0.2, 0.25) is 0 Å². The number of fused-ring (bicyclic) bond motifs is 1. The maximum absolute atomic E-state index is 12.7. The molecule has 0 radical (unpaired) electrons. The molecule has 0 saturated heterocycles. The Hall–Kier alpha value is -3.87.